The van der Waals surface area contributed by atoms with Gasteiger partial charge in [0.15, 0.2) is 0 Å². The van der Waals surface area contributed by atoms with Gasteiger partial charge in [0.1, 0.15) is 0 Å². The number of aromatic nitrogens is 1. The van der Waals surface area contributed by atoms with Crippen molar-refractivity contribution in [2.75, 3.05) is 0 Å². The van der Waals surface area contributed by atoms with Crippen LogP contribution in [0.15, 0.2) is 24.3 Å². The first-order valence-electron chi connectivity index (χ1n) is 4.59. The van der Waals surface area contributed by atoms with Crippen molar-refractivity contribution in [3.8, 4) is 0 Å². The molecular weight excluding hydrogens is 198 g/mol. The van der Waals surface area contributed by atoms with E-state index in [0.717, 1.165) is 23.0 Å². The molecule has 0 radical (unpaired) electrons. The van der Waals surface area contributed by atoms with E-state index >= 15 is 0 Å². The topological polar surface area (TPSA) is 22.0 Å². The fourth-order valence-corrected chi connectivity index (χ4v) is 2.22. The minimum Gasteiger partial charge on any atom is -0.284 e. The van der Waals surface area contributed by atoms with Crippen molar-refractivity contribution in [3.63, 3.8) is 0 Å². The maximum Gasteiger partial charge on any atom is 0.231 e. The number of benzene rings is 1. The van der Waals surface area contributed by atoms with E-state index in [-0.39, 0.29) is 5.91 Å². The van der Waals surface area contributed by atoms with Gasteiger partial charge in [0, 0.05) is 22.5 Å². The highest BCUT2D eigenvalue weighted by Gasteiger charge is 2.21. The number of halogens is 1. The largest absolute Gasteiger partial charge is 0.284 e. The molecule has 2 aromatic rings. The molecule has 0 fully saturated rings. The smallest absolute Gasteiger partial charge is 0.231 e. The molecule has 14 heavy (non-hydrogen) atoms. The molecule has 0 N–H and O–H groups in total. The molecule has 0 aliphatic carbocycles. The lowest BCUT2D eigenvalue weighted by molar-refractivity contribution is 0.0928. The minimum absolute atomic E-state index is 0.178. The van der Waals surface area contributed by atoms with Crippen LogP contribution in [0.1, 0.15) is 16.9 Å². The van der Waals surface area contributed by atoms with Crippen LogP contribution in [-0.4, -0.2) is 10.5 Å². The van der Waals surface area contributed by atoms with Gasteiger partial charge in [-0.25, -0.2) is 0 Å². The molecule has 1 aliphatic rings. The van der Waals surface area contributed by atoms with Crippen molar-refractivity contribution in [1.82, 2.24) is 4.57 Å². The summed E-state index contributed by atoms with van der Waals surface area (Å²) in [7, 11) is 0. The maximum atomic E-state index is 11.6. The summed E-state index contributed by atoms with van der Waals surface area (Å²) < 4.78 is 1.78. The van der Waals surface area contributed by atoms with Crippen molar-refractivity contribution < 1.29 is 4.79 Å². The van der Waals surface area contributed by atoms with Gasteiger partial charge in [-0.1, -0.05) is 17.7 Å². The zero-order chi connectivity index (χ0) is 9.71. The molecule has 0 amide bonds. The molecule has 1 aromatic heterocycles. The zero-order valence-corrected chi connectivity index (χ0v) is 8.21. The average molecular weight is 206 g/mol. The Morgan fingerprint density at radius 1 is 1.21 bits per heavy atom. The average Bonchev–Trinajstić information content (AvgIpc) is 2.67. The van der Waals surface area contributed by atoms with E-state index in [2.05, 4.69) is 6.07 Å². The summed E-state index contributed by atoms with van der Waals surface area (Å²) in [4.78, 5) is 11.6. The second-order valence-corrected chi connectivity index (χ2v) is 4.00. The summed E-state index contributed by atoms with van der Waals surface area (Å²) in [5, 5.41) is 1.77. The van der Waals surface area contributed by atoms with Crippen LogP contribution >= 0.6 is 11.6 Å². The molecule has 0 saturated carbocycles. The first-order chi connectivity index (χ1) is 6.75. The van der Waals surface area contributed by atoms with Gasteiger partial charge in [-0.3, -0.25) is 9.36 Å². The monoisotopic (exact) mass is 205 g/mol. The van der Waals surface area contributed by atoms with Crippen LogP contribution in [0.2, 0.25) is 5.02 Å². The Balaban J connectivity index is 2.43. The van der Waals surface area contributed by atoms with Gasteiger partial charge in [-0.2, -0.15) is 0 Å². The highest BCUT2D eigenvalue weighted by Crippen LogP contribution is 2.27. The van der Waals surface area contributed by atoms with Crippen molar-refractivity contribution in [2.24, 2.45) is 0 Å². The molecule has 0 spiro atoms. The normalized spacial score (nSPS) is 15.1. The first kappa shape index (κ1) is 8.06. The number of carbonyl (C=O) groups excluding carboxylic acids is 1. The Bertz CT molecular complexity index is 541. The Morgan fingerprint density at radius 2 is 2.07 bits per heavy atom. The van der Waals surface area contributed by atoms with E-state index in [9.17, 15) is 4.79 Å². The fourth-order valence-electron chi connectivity index (χ4n) is 2.06. The van der Waals surface area contributed by atoms with Crippen LogP contribution in [0.4, 0.5) is 0 Å². The Kier molecular flexibility index (Phi) is 1.50. The number of hydrogen-bond donors (Lipinski definition) is 0. The van der Waals surface area contributed by atoms with E-state index in [1.165, 1.54) is 0 Å². The summed E-state index contributed by atoms with van der Waals surface area (Å²) in [6.45, 7) is 0. The number of carbonyl (C=O) groups is 1. The van der Waals surface area contributed by atoms with Crippen molar-refractivity contribution >= 4 is 28.4 Å². The molecule has 0 unspecified atom stereocenters. The van der Waals surface area contributed by atoms with Crippen LogP contribution in [0.5, 0.6) is 0 Å². The molecule has 1 aliphatic heterocycles. The maximum absolute atomic E-state index is 11.6. The third-order valence-corrected chi connectivity index (χ3v) is 2.92. The van der Waals surface area contributed by atoms with E-state index in [1.807, 2.05) is 18.2 Å². The second-order valence-electron chi connectivity index (χ2n) is 3.57. The third kappa shape index (κ3) is 0.946. The molecule has 1 aromatic carbocycles. The molecular formula is C11H8ClNO. The Labute approximate surface area is 86.1 Å². The number of nitrogens with zero attached hydrogens (tertiary/aromatic N) is 1. The summed E-state index contributed by atoms with van der Waals surface area (Å²) in [6.07, 6.45) is 1.48. The summed E-state index contributed by atoms with van der Waals surface area (Å²) >= 11 is 5.90. The van der Waals surface area contributed by atoms with Gasteiger partial charge in [-0.15, -0.1) is 0 Å². The first-order valence-corrected chi connectivity index (χ1v) is 4.96. The van der Waals surface area contributed by atoms with Gasteiger partial charge in [0.25, 0.3) is 0 Å². The highest BCUT2D eigenvalue weighted by atomic mass is 35.5. The summed E-state index contributed by atoms with van der Waals surface area (Å²) in [6, 6.07) is 7.72. The minimum atomic E-state index is 0.178. The Morgan fingerprint density at radius 3 is 2.93 bits per heavy atom. The van der Waals surface area contributed by atoms with E-state index in [4.69, 9.17) is 11.6 Å². The van der Waals surface area contributed by atoms with Gasteiger partial charge in [0.05, 0.1) is 5.52 Å². The van der Waals surface area contributed by atoms with Gasteiger partial charge in [0.2, 0.25) is 5.91 Å². The predicted molar refractivity (Wildman–Crippen MR) is 55.9 cm³/mol. The number of fused-ring (bicyclic) bond motifs is 3. The lowest BCUT2D eigenvalue weighted by Gasteiger charge is -1.98. The van der Waals surface area contributed by atoms with Crippen molar-refractivity contribution in [3.05, 3.63) is 35.0 Å². The standard InChI is InChI=1S/C11H8ClNO/c12-8-2-1-7-5-9-3-4-11(14)13(9)10(7)6-8/h1-2,5-6H,3-4H2. The lowest BCUT2D eigenvalue weighted by atomic mass is 10.2. The molecule has 2 nitrogen and oxygen atoms in total. The van der Waals surface area contributed by atoms with Gasteiger partial charge in [-0.05, 0) is 24.6 Å². The van der Waals surface area contributed by atoms with Crippen molar-refractivity contribution in [2.45, 2.75) is 12.8 Å². The van der Waals surface area contributed by atoms with Gasteiger partial charge >= 0.3 is 0 Å². The quantitative estimate of drug-likeness (QED) is 0.648. The number of rotatable bonds is 0. The predicted octanol–water partition coefficient (Wildman–Crippen LogP) is 2.88. The van der Waals surface area contributed by atoms with Gasteiger partial charge < -0.3 is 0 Å². The van der Waals surface area contributed by atoms with Crippen LogP contribution in [0, 0.1) is 0 Å². The molecule has 3 heteroatoms. The molecule has 3 rings (SSSR count). The summed E-state index contributed by atoms with van der Waals surface area (Å²) in [5.74, 6) is 0.178. The SMILES string of the molecule is O=C1CCc2cc3ccc(Cl)cc3n21. The van der Waals surface area contributed by atoms with Crippen LogP contribution in [-0.2, 0) is 6.42 Å². The Hall–Kier alpha value is -1.28. The van der Waals surface area contributed by atoms with E-state index < -0.39 is 0 Å². The van der Waals surface area contributed by atoms with E-state index in [0.29, 0.717) is 11.4 Å². The van der Waals surface area contributed by atoms with Crippen molar-refractivity contribution in [1.29, 1.82) is 0 Å². The lowest BCUT2D eigenvalue weighted by Crippen LogP contribution is -2.02. The highest BCUT2D eigenvalue weighted by molar-refractivity contribution is 6.31. The van der Waals surface area contributed by atoms with Crippen LogP contribution in [0.3, 0.4) is 0 Å². The fraction of sp³-hybridized carbons (Fsp3) is 0.182. The molecule has 0 atom stereocenters. The van der Waals surface area contributed by atoms with E-state index in [1.54, 1.807) is 4.57 Å². The molecule has 70 valence electrons. The molecule has 0 saturated heterocycles. The second kappa shape index (κ2) is 2.61. The zero-order valence-electron chi connectivity index (χ0n) is 7.46. The molecule has 2 heterocycles. The third-order valence-electron chi connectivity index (χ3n) is 2.69. The van der Waals surface area contributed by atoms with Crippen LogP contribution in [0.25, 0.3) is 10.9 Å². The van der Waals surface area contributed by atoms with Crippen LogP contribution < -0.4 is 0 Å². The number of hydrogen-bond acceptors (Lipinski definition) is 1. The summed E-state index contributed by atoms with van der Waals surface area (Å²) in [5.41, 5.74) is 2.04. The molecule has 0 bridgehead atoms. The number of aryl methyl sites for hydroxylation is 1.